The van der Waals surface area contributed by atoms with Crippen LogP contribution in [0.1, 0.15) is 39.0 Å². The van der Waals surface area contributed by atoms with Crippen LogP contribution >= 0.6 is 0 Å². The molecule has 0 aromatic carbocycles. The van der Waals surface area contributed by atoms with Crippen LogP contribution in [0, 0.1) is 11.8 Å². The molecular weight excluding hydrogens is 162 g/mol. The van der Waals surface area contributed by atoms with E-state index in [1.54, 1.807) is 0 Å². The molecule has 0 aromatic heterocycles. The third kappa shape index (κ3) is 4.10. The largest absolute Gasteiger partial charge is 0.396 e. The first-order valence-corrected chi connectivity index (χ1v) is 5.66. The van der Waals surface area contributed by atoms with Gasteiger partial charge in [-0.05, 0) is 37.8 Å². The van der Waals surface area contributed by atoms with Crippen molar-refractivity contribution in [2.45, 2.75) is 39.0 Å². The minimum Gasteiger partial charge on any atom is -0.396 e. The molecule has 1 aliphatic rings. The molecule has 0 aliphatic heterocycles. The molecule has 78 valence electrons. The highest BCUT2D eigenvalue weighted by molar-refractivity contribution is 4.73. The molecule has 2 atom stereocenters. The van der Waals surface area contributed by atoms with Crippen LogP contribution in [-0.4, -0.2) is 24.8 Å². The summed E-state index contributed by atoms with van der Waals surface area (Å²) >= 11 is 0. The van der Waals surface area contributed by atoms with Crippen molar-refractivity contribution in [1.82, 2.24) is 5.32 Å². The molecule has 0 heterocycles. The third-order valence-electron chi connectivity index (χ3n) is 3.21. The van der Waals surface area contributed by atoms with Crippen LogP contribution in [0.3, 0.4) is 0 Å². The Bertz CT molecular complexity index is 127. The van der Waals surface area contributed by atoms with Gasteiger partial charge < -0.3 is 10.4 Å². The zero-order chi connectivity index (χ0) is 9.52. The second-order valence-corrected chi connectivity index (χ2v) is 4.30. The number of aliphatic hydroxyl groups is 1. The van der Waals surface area contributed by atoms with Crippen molar-refractivity contribution < 1.29 is 5.11 Å². The van der Waals surface area contributed by atoms with Gasteiger partial charge in [0, 0.05) is 6.61 Å². The number of aliphatic hydroxyl groups excluding tert-OH is 1. The Hall–Kier alpha value is -0.0800. The first-order chi connectivity index (χ1) is 6.34. The molecule has 2 heteroatoms. The van der Waals surface area contributed by atoms with Gasteiger partial charge >= 0.3 is 0 Å². The molecule has 2 unspecified atom stereocenters. The Balaban J connectivity index is 2.05. The predicted octanol–water partition coefficient (Wildman–Crippen LogP) is 1.78. The number of hydrogen-bond donors (Lipinski definition) is 2. The van der Waals surface area contributed by atoms with Crippen molar-refractivity contribution in [3.63, 3.8) is 0 Å². The molecule has 13 heavy (non-hydrogen) atoms. The summed E-state index contributed by atoms with van der Waals surface area (Å²) in [5, 5.41) is 12.0. The van der Waals surface area contributed by atoms with E-state index in [0.29, 0.717) is 6.61 Å². The van der Waals surface area contributed by atoms with Crippen molar-refractivity contribution in [1.29, 1.82) is 0 Å². The maximum atomic E-state index is 8.62. The van der Waals surface area contributed by atoms with Gasteiger partial charge in [-0.1, -0.05) is 26.2 Å². The molecular formula is C11H23NO. The Morgan fingerprint density at radius 3 is 2.77 bits per heavy atom. The van der Waals surface area contributed by atoms with Crippen molar-refractivity contribution in [2.75, 3.05) is 19.7 Å². The summed E-state index contributed by atoms with van der Waals surface area (Å²) in [7, 11) is 0. The van der Waals surface area contributed by atoms with E-state index in [1.807, 2.05) is 0 Å². The zero-order valence-electron chi connectivity index (χ0n) is 8.76. The summed E-state index contributed by atoms with van der Waals surface area (Å²) < 4.78 is 0. The van der Waals surface area contributed by atoms with E-state index < -0.39 is 0 Å². The highest BCUT2D eigenvalue weighted by Crippen LogP contribution is 2.28. The van der Waals surface area contributed by atoms with E-state index in [9.17, 15) is 0 Å². The van der Waals surface area contributed by atoms with E-state index >= 15 is 0 Å². The van der Waals surface area contributed by atoms with E-state index in [2.05, 4.69) is 12.2 Å². The van der Waals surface area contributed by atoms with Crippen LogP contribution < -0.4 is 5.32 Å². The van der Waals surface area contributed by atoms with E-state index in [4.69, 9.17) is 5.11 Å². The van der Waals surface area contributed by atoms with Crippen LogP contribution in [0.5, 0.6) is 0 Å². The normalized spacial score (nSPS) is 29.1. The molecule has 0 amide bonds. The first-order valence-electron chi connectivity index (χ1n) is 5.66. The predicted molar refractivity (Wildman–Crippen MR) is 55.7 cm³/mol. The zero-order valence-corrected chi connectivity index (χ0v) is 8.76. The van der Waals surface area contributed by atoms with E-state index in [0.717, 1.165) is 31.3 Å². The summed E-state index contributed by atoms with van der Waals surface area (Å²) in [6, 6.07) is 0. The molecule has 1 saturated carbocycles. The average molecular weight is 185 g/mol. The molecule has 0 radical (unpaired) electrons. The topological polar surface area (TPSA) is 32.3 Å². The van der Waals surface area contributed by atoms with E-state index in [1.165, 1.54) is 25.7 Å². The van der Waals surface area contributed by atoms with Crippen molar-refractivity contribution >= 4 is 0 Å². The first kappa shape index (κ1) is 11.0. The van der Waals surface area contributed by atoms with Crippen molar-refractivity contribution in [3.05, 3.63) is 0 Å². The standard InChI is InChI=1S/C11H23NO/c1-10-5-2-3-6-11(10)9-12-7-4-8-13/h10-13H,2-9H2,1H3. The molecule has 1 fully saturated rings. The lowest BCUT2D eigenvalue weighted by Crippen LogP contribution is -2.30. The quantitative estimate of drug-likeness (QED) is 0.640. The lowest BCUT2D eigenvalue weighted by Gasteiger charge is -2.28. The van der Waals surface area contributed by atoms with Crippen molar-refractivity contribution in [2.24, 2.45) is 11.8 Å². The molecule has 1 aliphatic carbocycles. The SMILES string of the molecule is CC1CCCCC1CNCCCO. The Kier molecular flexibility index (Phi) is 5.40. The van der Waals surface area contributed by atoms with Gasteiger partial charge in [0.2, 0.25) is 0 Å². The molecule has 0 saturated heterocycles. The second-order valence-electron chi connectivity index (χ2n) is 4.30. The van der Waals surface area contributed by atoms with Crippen LogP contribution in [0.25, 0.3) is 0 Å². The lowest BCUT2D eigenvalue weighted by atomic mass is 9.80. The van der Waals surface area contributed by atoms with E-state index in [-0.39, 0.29) is 0 Å². The van der Waals surface area contributed by atoms with Crippen LogP contribution in [-0.2, 0) is 0 Å². The minimum atomic E-state index is 0.313. The van der Waals surface area contributed by atoms with Gasteiger partial charge in [-0.2, -0.15) is 0 Å². The fourth-order valence-electron chi connectivity index (χ4n) is 2.19. The van der Waals surface area contributed by atoms with Gasteiger partial charge in [0.1, 0.15) is 0 Å². The molecule has 0 spiro atoms. The van der Waals surface area contributed by atoms with Crippen molar-refractivity contribution in [3.8, 4) is 0 Å². The summed E-state index contributed by atoms with van der Waals surface area (Å²) in [6.45, 7) is 4.81. The Morgan fingerprint density at radius 1 is 1.31 bits per heavy atom. The fourth-order valence-corrected chi connectivity index (χ4v) is 2.19. The summed E-state index contributed by atoms with van der Waals surface area (Å²) in [6.07, 6.45) is 6.53. The summed E-state index contributed by atoms with van der Waals surface area (Å²) in [4.78, 5) is 0. The monoisotopic (exact) mass is 185 g/mol. The van der Waals surface area contributed by atoms with Crippen LogP contribution in [0.15, 0.2) is 0 Å². The van der Waals surface area contributed by atoms with Gasteiger partial charge in [-0.15, -0.1) is 0 Å². The number of nitrogens with one attached hydrogen (secondary N) is 1. The molecule has 0 aromatic rings. The lowest BCUT2D eigenvalue weighted by molar-refractivity contribution is 0.242. The fraction of sp³-hybridized carbons (Fsp3) is 1.00. The Labute approximate surface area is 81.7 Å². The second kappa shape index (κ2) is 6.39. The Morgan fingerprint density at radius 2 is 2.08 bits per heavy atom. The molecule has 2 nitrogen and oxygen atoms in total. The van der Waals surface area contributed by atoms with Gasteiger partial charge in [0.15, 0.2) is 0 Å². The van der Waals surface area contributed by atoms with Gasteiger partial charge in [0.25, 0.3) is 0 Å². The molecule has 2 N–H and O–H groups in total. The molecule has 1 rings (SSSR count). The minimum absolute atomic E-state index is 0.313. The summed E-state index contributed by atoms with van der Waals surface area (Å²) in [5.74, 6) is 1.78. The van der Waals surface area contributed by atoms with Crippen LogP contribution in [0.4, 0.5) is 0 Å². The maximum absolute atomic E-state index is 8.62. The van der Waals surface area contributed by atoms with Gasteiger partial charge in [-0.25, -0.2) is 0 Å². The molecule has 0 bridgehead atoms. The highest BCUT2D eigenvalue weighted by atomic mass is 16.3. The highest BCUT2D eigenvalue weighted by Gasteiger charge is 2.20. The number of rotatable bonds is 5. The average Bonchev–Trinajstić information content (AvgIpc) is 2.15. The van der Waals surface area contributed by atoms with Gasteiger partial charge in [-0.3, -0.25) is 0 Å². The summed E-state index contributed by atoms with van der Waals surface area (Å²) in [5.41, 5.74) is 0. The smallest absolute Gasteiger partial charge is 0.0443 e. The third-order valence-corrected chi connectivity index (χ3v) is 3.21. The van der Waals surface area contributed by atoms with Crippen LogP contribution in [0.2, 0.25) is 0 Å². The van der Waals surface area contributed by atoms with Gasteiger partial charge in [0.05, 0.1) is 0 Å². The number of hydrogen-bond acceptors (Lipinski definition) is 2. The maximum Gasteiger partial charge on any atom is 0.0443 e.